The molecule has 1 atom stereocenters. The van der Waals surface area contributed by atoms with E-state index in [1.807, 2.05) is 0 Å². The van der Waals surface area contributed by atoms with E-state index in [-0.39, 0.29) is 31.9 Å². The molecule has 1 fully saturated rings. The first-order chi connectivity index (χ1) is 14.9. The number of hydrogen-bond acceptors (Lipinski definition) is 7. The van der Waals surface area contributed by atoms with Gasteiger partial charge in [0.15, 0.2) is 11.6 Å². The number of nitrogen functional groups attached to an aromatic ring is 2. The molecule has 9 heteroatoms. The monoisotopic (exact) mass is 426 g/mol. The SMILES string of the molecule is C[C@@H](Oc1ccc(NC(=O)c2cc(-c3ncc(N)c(NN)n3)ccc2F)cc1)C1CC1.[HH].[HH]. The van der Waals surface area contributed by atoms with Crippen LogP contribution in [-0.2, 0) is 0 Å². The molecule has 2 aromatic carbocycles. The van der Waals surface area contributed by atoms with Gasteiger partial charge in [-0.15, -0.1) is 0 Å². The second-order valence-electron chi connectivity index (χ2n) is 7.48. The van der Waals surface area contributed by atoms with Gasteiger partial charge in [0.2, 0.25) is 0 Å². The average Bonchev–Trinajstić information content (AvgIpc) is 3.61. The van der Waals surface area contributed by atoms with Gasteiger partial charge in [-0.1, -0.05) is 0 Å². The molecule has 0 aliphatic heterocycles. The summed E-state index contributed by atoms with van der Waals surface area (Å²) < 4.78 is 20.2. The van der Waals surface area contributed by atoms with Crippen LogP contribution in [0.2, 0.25) is 0 Å². The maximum Gasteiger partial charge on any atom is 0.258 e. The second-order valence-corrected chi connectivity index (χ2v) is 7.48. The standard InChI is InChI=1S/C22H23FN6O2.2H2/c1-12(13-2-3-13)31-16-7-5-15(6-8-16)27-22(30)17-10-14(4-9-18(17)23)20-26-11-19(24)21(28-20)29-25;;/h4-13H,2-3,24-25H2,1H3,(H,27,30)(H,26,28,29);2*1H/t12-;;/m1../s1. The Balaban J connectivity index is 0.00000193. The van der Waals surface area contributed by atoms with Crippen molar-refractivity contribution in [3.05, 3.63) is 60.0 Å². The Morgan fingerprint density at radius 2 is 2.00 bits per heavy atom. The number of hydrazine groups is 1. The maximum atomic E-state index is 14.4. The van der Waals surface area contributed by atoms with Gasteiger partial charge in [0.05, 0.1) is 23.6 Å². The lowest BCUT2D eigenvalue weighted by Gasteiger charge is -2.14. The molecule has 4 rings (SSSR count). The van der Waals surface area contributed by atoms with Crippen molar-refractivity contribution in [1.29, 1.82) is 0 Å². The summed E-state index contributed by atoms with van der Waals surface area (Å²) in [5.41, 5.74) is 9.20. The molecule has 3 aromatic rings. The van der Waals surface area contributed by atoms with Crippen LogP contribution in [0.25, 0.3) is 11.4 Å². The number of carbonyl (C=O) groups excluding carboxylic acids is 1. The fraction of sp³-hybridized carbons (Fsp3) is 0.227. The number of nitrogens with one attached hydrogen (secondary N) is 2. The molecule has 164 valence electrons. The van der Waals surface area contributed by atoms with Gasteiger partial charge in [0, 0.05) is 14.1 Å². The van der Waals surface area contributed by atoms with E-state index in [9.17, 15) is 9.18 Å². The molecule has 0 radical (unpaired) electrons. The normalized spacial score (nSPS) is 14.0. The third-order valence-electron chi connectivity index (χ3n) is 5.14. The highest BCUT2D eigenvalue weighted by Gasteiger charge is 2.29. The van der Waals surface area contributed by atoms with E-state index in [2.05, 4.69) is 27.6 Å². The summed E-state index contributed by atoms with van der Waals surface area (Å²) >= 11 is 0. The van der Waals surface area contributed by atoms with Gasteiger partial charge in [0.1, 0.15) is 11.6 Å². The van der Waals surface area contributed by atoms with Crippen LogP contribution in [0.5, 0.6) is 5.75 Å². The number of carbonyl (C=O) groups is 1. The van der Waals surface area contributed by atoms with Crippen LogP contribution in [0.4, 0.5) is 21.6 Å². The topological polar surface area (TPSA) is 128 Å². The third kappa shape index (κ3) is 4.72. The predicted molar refractivity (Wildman–Crippen MR) is 121 cm³/mol. The molecule has 0 unspecified atom stereocenters. The highest BCUT2D eigenvalue weighted by atomic mass is 19.1. The number of aromatic nitrogens is 2. The third-order valence-corrected chi connectivity index (χ3v) is 5.14. The van der Waals surface area contributed by atoms with Crippen LogP contribution < -0.4 is 27.1 Å². The Hall–Kier alpha value is -3.72. The molecule has 0 saturated heterocycles. The summed E-state index contributed by atoms with van der Waals surface area (Å²) in [6.07, 6.45) is 3.95. The first kappa shape index (κ1) is 20.5. The Morgan fingerprint density at radius 1 is 1.26 bits per heavy atom. The van der Waals surface area contributed by atoms with Crippen molar-refractivity contribution in [2.24, 2.45) is 11.8 Å². The number of nitrogens with zero attached hydrogens (tertiary/aromatic N) is 2. The van der Waals surface area contributed by atoms with Gasteiger partial charge in [-0.2, -0.15) is 0 Å². The molecule has 1 saturated carbocycles. The van der Waals surface area contributed by atoms with Gasteiger partial charge >= 0.3 is 0 Å². The molecule has 0 spiro atoms. The summed E-state index contributed by atoms with van der Waals surface area (Å²) in [4.78, 5) is 21.0. The van der Waals surface area contributed by atoms with Crippen LogP contribution in [0.3, 0.4) is 0 Å². The van der Waals surface area contributed by atoms with Crippen molar-refractivity contribution in [2.45, 2.75) is 25.9 Å². The molecule has 31 heavy (non-hydrogen) atoms. The molecular weight excluding hydrogens is 399 g/mol. The van der Waals surface area contributed by atoms with Crippen molar-refractivity contribution in [2.75, 3.05) is 16.5 Å². The van der Waals surface area contributed by atoms with E-state index in [0.29, 0.717) is 17.2 Å². The number of anilines is 3. The molecule has 8 nitrogen and oxygen atoms in total. The lowest BCUT2D eigenvalue weighted by molar-refractivity contribution is 0.102. The van der Waals surface area contributed by atoms with Crippen LogP contribution in [0.15, 0.2) is 48.7 Å². The van der Waals surface area contributed by atoms with Crippen LogP contribution in [0.1, 0.15) is 33.0 Å². The van der Waals surface area contributed by atoms with E-state index in [1.165, 1.54) is 37.2 Å². The zero-order chi connectivity index (χ0) is 22.0. The number of rotatable bonds is 7. The molecule has 1 aliphatic carbocycles. The summed E-state index contributed by atoms with van der Waals surface area (Å²) in [5.74, 6) is 5.98. The zero-order valence-corrected chi connectivity index (χ0v) is 16.9. The Kier molecular flexibility index (Phi) is 5.68. The largest absolute Gasteiger partial charge is 0.490 e. The van der Waals surface area contributed by atoms with Crippen LogP contribution in [0, 0.1) is 11.7 Å². The summed E-state index contributed by atoms with van der Waals surface area (Å²) in [6.45, 7) is 2.06. The van der Waals surface area contributed by atoms with E-state index in [1.54, 1.807) is 24.3 Å². The van der Waals surface area contributed by atoms with E-state index in [4.69, 9.17) is 16.3 Å². The quantitative estimate of drug-likeness (QED) is 0.331. The van der Waals surface area contributed by atoms with E-state index in [0.717, 1.165) is 5.75 Å². The van der Waals surface area contributed by atoms with Crippen LogP contribution in [-0.4, -0.2) is 22.0 Å². The van der Waals surface area contributed by atoms with Crippen molar-refractivity contribution in [3.63, 3.8) is 0 Å². The number of nitrogens with two attached hydrogens (primary N) is 2. The van der Waals surface area contributed by atoms with Gasteiger partial charge < -0.3 is 21.2 Å². The number of halogens is 1. The van der Waals surface area contributed by atoms with Crippen molar-refractivity contribution < 1.29 is 16.8 Å². The zero-order valence-electron chi connectivity index (χ0n) is 16.9. The van der Waals surface area contributed by atoms with Crippen LogP contribution >= 0.6 is 0 Å². The Bertz CT molecular complexity index is 1110. The fourth-order valence-corrected chi connectivity index (χ4v) is 3.18. The maximum absolute atomic E-state index is 14.4. The van der Waals surface area contributed by atoms with Gasteiger partial charge in [-0.05, 0) is 68.1 Å². The highest BCUT2D eigenvalue weighted by Crippen LogP contribution is 2.34. The van der Waals surface area contributed by atoms with E-state index >= 15 is 0 Å². The predicted octanol–water partition coefficient (Wildman–Crippen LogP) is 4.07. The average molecular weight is 426 g/mol. The Labute approximate surface area is 181 Å². The molecule has 1 heterocycles. The van der Waals surface area contributed by atoms with Crippen molar-refractivity contribution >= 4 is 23.1 Å². The number of ether oxygens (including phenoxy) is 1. The van der Waals surface area contributed by atoms with Gasteiger partial charge in [-0.25, -0.2) is 20.2 Å². The fourth-order valence-electron chi connectivity index (χ4n) is 3.18. The van der Waals surface area contributed by atoms with E-state index < -0.39 is 11.7 Å². The van der Waals surface area contributed by atoms with Crippen molar-refractivity contribution in [3.8, 4) is 17.1 Å². The first-order valence-electron chi connectivity index (χ1n) is 9.91. The highest BCUT2D eigenvalue weighted by molar-refractivity contribution is 6.05. The minimum atomic E-state index is -0.660. The van der Waals surface area contributed by atoms with Gasteiger partial charge in [-0.3, -0.25) is 4.79 Å². The number of amides is 1. The lowest BCUT2D eigenvalue weighted by atomic mass is 10.1. The summed E-state index contributed by atoms with van der Waals surface area (Å²) in [7, 11) is 0. The summed E-state index contributed by atoms with van der Waals surface area (Å²) in [5, 5.41) is 2.70. The minimum Gasteiger partial charge on any atom is -0.490 e. The molecule has 6 N–H and O–H groups in total. The van der Waals surface area contributed by atoms with Gasteiger partial charge in [0.25, 0.3) is 5.91 Å². The number of benzene rings is 2. The number of hydrogen-bond donors (Lipinski definition) is 4. The minimum absolute atomic E-state index is 0. The molecule has 1 amide bonds. The smallest absolute Gasteiger partial charge is 0.258 e. The molecule has 1 aromatic heterocycles. The summed E-state index contributed by atoms with van der Waals surface area (Å²) in [6, 6.07) is 11.1. The molecule has 0 bridgehead atoms. The molecular formula is C22H27FN6O2. The first-order valence-corrected chi connectivity index (χ1v) is 9.91. The molecule has 1 aliphatic rings. The Morgan fingerprint density at radius 3 is 2.68 bits per heavy atom. The lowest BCUT2D eigenvalue weighted by Crippen LogP contribution is -2.15. The second kappa shape index (κ2) is 8.57. The van der Waals surface area contributed by atoms with Crippen molar-refractivity contribution in [1.82, 2.24) is 9.97 Å².